The molecule has 0 spiro atoms. The van der Waals surface area contributed by atoms with Crippen LogP contribution in [-0.4, -0.2) is 54.5 Å². The fraction of sp³-hybridized carbons (Fsp3) is 0.769. The van der Waals surface area contributed by atoms with Crippen molar-refractivity contribution in [3.8, 4) is 0 Å². The number of nitrogens with zero attached hydrogens (tertiary/aromatic N) is 2. The van der Waals surface area contributed by atoms with Crippen LogP contribution in [-0.2, 0) is 4.79 Å². The maximum atomic E-state index is 12.0. The van der Waals surface area contributed by atoms with Gasteiger partial charge < -0.3 is 10.6 Å². The van der Waals surface area contributed by atoms with E-state index >= 15 is 0 Å². The van der Waals surface area contributed by atoms with Crippen LogP contribution in [0.5, 0.6) is 0 Å². The van der Waals surface area contributed by atoms with Gasteiger partial charge >= 0.3 is 0 Å². The first kappa shape index (κ1) is 14.2. The molecule has 0 aromatic heterocycles. The zero-order chi connectivity index (χ0) is 12.7. The summed E-state index contributed by atoms with van der Waals surface area (Å²) in [5.74, 6) is 0.212. The second-order valence-electron chi connectivity index (χ2n) is 4.72. The van der Waals surface area contributed by atoms with E-state index in [2.05, 4.69) is 18.4 Å². The molecule has 1 aliphatic rings. The third kappa shape index (κ3) is 4.88. The number of rotatable bonds is 6. The van der Waals surface area contributed by atoms with E-state index in [0.717, 1.165) is 45.6 Å². The van der Waals surface area contributed by atoms with E-state index in [9.17, 15) is 4.79 Å². The van der Waals surface area contributed by atoms with Gasteiger partial charge in [-0.25, -0.2) is 0 Å². The monoisotopic (exact) mass is 239 g/mol. The Morgan fingerprint density at radius 2 is 2.06 bits per heavy atom. The van der Waals surface area contributed by atoms with Gasteiger partial charge in [-0.1, -0.05) is 19.4 Å². The Morgan fingerprint density at radius 3 is 2.59 bits per heavy atom. The van der Waals surface area contributed by atoms with E-state index in [0.29, 0.717) is 6.42 Å². The third-order valence-corrected chi connectivity index (χ3v) is 3.21. The number of hydrogen-bond donors (Lipinski definition) is 1. The van der Waals surface area contributed by atoms with Gasteiger partial charge in [0, 0.05) is 45.2 Å². The molecule has 1 fully saturated rings. The standard InChI is InChI=1S/C13H25N3O/c1-3-5-12(14)11-13(17)16-9-7-15(6-4-2)8-10-16/h4,12H,2-3,5-11,14H2,1H3. The minimum atomic E-state index is 0.0266. The maximum absolute atomic E-state index is 12.0. The lowest BCUT2D eigenvalue weighted by Gasteiger charge is -2.34. The summed E-state index contributed by atoms with van der Waals surface area (Å²) >= 11 is 0. The van der Waals surface area contributed by atoms with Gasteiger partial charge in [-0.15, -0.1) is 6.58 Å². The largest absolute Gasteiger partial charge is 0.340 e. The van der Waals surface area contributed by atoms with Crippen molar-refractivity contribution in [1.82, 2.24) is 9.80 Å². The SMILES string of the molecule is C=CCN1CCN(C(=O)CC(N)CCC)CC1. The van der Waals surface area contributed by atoms with Crippen molar-refractivity contribution in [3.05, 3.63) is 12.7 Å². The summed E-state index contributed by atoms with van der Waals surface area (Å²) in [7, 11) is 0. The molecule has 1 saturated heterocycles. The molecule has 98 valence electrons. The fourth-order valence-corrected chi connectivity index (χ4v) is 2.19. The van der Waals surface area contributed by atoms with Crippen LogP contribution < -0.4 is 5.73 Å². The number of nitrogens with two attached hydrogens (primary N) is 1. The van der Waals surface area contributed by atoms with Crippen LogP contribution in [0.2, 0.25) is 0 Å². The van der Waals surface area contributed by atoms with Gasteiger partial charge in [0.05, 0.1) is 0 Å². The van der Waals surface area contributed by atoms with Crippen molar-refractivity contribution in [2.75, 3.05) is 32.7 Å². The molecule has 2 N–H and O–H groups in total. The van der Waals surface area contributed by atoms with Gasteiger partial charge in [-0.3, -0.25) is 9.69 Å². The van der Waals surface area contributed by atoms with E-state index in [4.69, 9.17) is 5.73 Å². The first-order valence-electron chi connectivity index (χ1n) is 6.54. The van der Waals surface area contributed by atoms with Crippen molar-refractivity contribution < 1.29 is 4.79 Å². The van der Waals surface area contributed by atoms with E-state index in [1.165, 1.54) is 0 Å². The Morgan fingerprint density at radius 1 is 1.41 bits per heavy atom. The summed E-state index contributed by atoms with van der Waals surface area (Å²) in [5, 5.41) is 0. The average Bonchev–Trinajstić information content (AvgIpc) is 2.30. The molecule has 0 saturated carbocycles. The minimum Gasteiger partial charge on any atom is -0.340 e. The Kier molecular flexibility index (Phi) is 6.22. The Bertz CT molecular complexity index is 247. The lowest BCUT2D eigenvalue weighted by Crippen LogP contribution is -2.49. The van der Waals surface area contributed by atoms with Gasteiger partial charge in [0.15, 0.2) is 0 Å². The normalized spacial score (nSPS) is 19.1. The zero-order valence-corrected chi connectivity index (χ0v) is 10.9. The van der Waals surface area contributed by atoms with E-state index in [-0.39, 0.29) is 11.9 Å². The number of piperazine rings is 1. The van der Waals surface area contributed by atoms with Crippen LogP contribution in [0.15, 0.2) is 12.7 Å². The van der Waals surface area contributed by atoms with Crippen LogP contribution in [0.25, 0.3) is 0 Å². The average molecular weight is 239 g/mol. The summed E-state index contributed by atoms with van der Waals surface area (Å²) in [6, 6.07) is 0.0266. The third-order valence-electron chi connectivity index (χ3n) is 3.21. The first-order chi connectivity index (χ1) is 8.17. The highest BCUT2D eigenvalue weighted by atomic mass is 16.2. The fourth-order valence-electron chi connectivity index (χ4n) is 2.19. The zero-order valence-electron chi connectivity index (χ0n) is 10.9. The molecular formula is C13H25N3O. The maximum Gasteiger partial charge on any atom is 0.224 e. The van der Waals surface area contributed by atoms with Gasteiger partial charge in [0.2, 0.25) is 5.91 Å². The van der Waals surface area contributed by atoms with E-state index in [1.807, 2.05) is 11.0 Å². The Balaban J connectivity index is 2.28. The van der Waals surface area contributed by atoms with Gasteiger partial charge in [0.25, 0.3) is 0 Å². The minimum absolute atomic E-state index is 0.0266. The molecule has 0 aromatic rings. The molecule has 1 unspecified atom stereocenters. The second kappa shape index (κ2) is 7.45. The van der Waals surface area contributed by atoms with E-state index in [1.54, 1.807) is 0 Å². The highest BCUT2D eigenvalue weighted by Gasteiger charge is 2.21. The summed E-state index contributed by atoms with van der Waals surface area (Å²) in [4.78, 5) is 16.2. The van der Waals surface area contributed by atoms with Crippen LogP contribution in [0.3, 0.4) is 0 Å². The number of carbonyl (C=O) groups is 1. The quantitative estimate of drug-likeness (QED) is 0.699. The summed E-state index contributed by atoms with van der Waals surface area (Å²) in [6.45, 7) is 10.3. The molecular weight excluding hydrogens is 214 g/mol. The number of hydrogen-bond acceptors (Lipinski definition) is 3. The highest BCUT2D eigenvalue weighted by molar-refractivity contribution is 5.76. The molecule has 1 heterocycles. The molecule has 1 rings (SSSR count). The van der Waals surface area contributed by atoms with Crippen molar-refractivity contribution in [3.63, 3.8) is 0 Å². The topological polar surface area (TPSA) is 49.6 Å². The molecule has 0 bridgehead atoms. The predicted molar refractivity (Wildman–Crippen MR) is 70.7 cm³/mol. The number of amides is 1. The molecule has 0 aliphatic carbocycles. The van der Waals surface area contributed by atoms with Crippen molar-refractivity contribution in [1.29, 1.82) is 0 Å². The van der Waals surface area contributed by atoms with Crippen LogP contribution in [0.1, 0.15) is 26.2 Å². The molecule has 1 aliphatic heterocycles. The summed E-state index contributed by atoms with van der Waals surface area (Å²) in [6.07, 6.45) is 4.38. The lowest BCUT2D eigenvalue weighted by molar-refractivity contribution is -0.133. The van der Waals surface area contributed by atoms with Crippen molar-refractivity contribution in [2.24, 2.45) is 5.73 Å². The second-order valence-corrected chi connectivity index (χ2v) is 4.72. The van der Waals surface area contributed by atoms with Crippen molar-refractivity contribution in [2.45, 2.75) is 32.2 Å². The smallest absolute Gasteiger partial charge is 0.224 e. The van der Waals surface area contributed by atoms with Crippen LogP contribution in [0.4, 0.5) is 0 Å². The molecule has 0 radical (unpaired) electrons. The molecule has 4 nitrogen and oxygen atoms in total. The molecule has 0 aromatic carbocycles. The van der Waals surface area contributed by atoms with Gasteiger partial charge in [-0.2, -0.15) is 0 Å². The summed E-state index contributed by atoms with van der Waals surface area (Å²) < 4.78 is 0. The molecule has 17 heavy (non-hydrogen) atoms. The van der Waals surface area contributed by atoms with Gasteiger partial charge in [0.1, 0.15) is 0 Å². The van der Waals surface area contributed by atoms with Crippen LogP contribution in [0, 0.1) is 0 Å². The van der Waals surface area contributed by atoms with Crippen LogP contribution >= 0.6 is 0 Å². The molecule has 1 amide bonds. The lowest BCUT2D eigenvalue weighted by atomic mass is 10.1. The first-order valence-corrected chi connectivity index (χ1v) is 6.54. The predicted octanol–water partition coefficient (Wildman–Crippen LogP) is 0.834. The van der Waals surface area contributed by atoms with Gasteiger partial charge in [-0.05, 0) is 6.42 Å². The van der Waals surface area contributed by atoms with E-state index < -0.39 is 0 Å². The highest BCUT2D eigenvalue weighted by Crippen LogP contribution is 2.06. The number of carbonyl (C=O) groups excluding carboxylic acids is 1. The van der Waals surface area contributed by atoms with Crippen molar-refractivity contribution >= 4 is 5.91 Å². The Labute approximate surface area is 104 Å². The molecule has 4 heteroatoms. The molecule has 1 atom stereocenters. The Hall–Kier alpha value is -0.870. The summed E-state index contributed by atoms with van der Waals surface area (Å²) in [5.41, 5.74) is 5.90.